The molecule has 1 heterocycles. The van der Waals surface area contributed by atoms with Crippen molar-refractivity contribution in [2.24, 2.45) is 0 Å². The zero-order valence-electron chi connectivity index (χ0n) is 8.10. The van der Waals surface area contributed by atoms with Gasteiger partial charge in [-0.15, -0.1) is 5.92 Å². The van der Waals surface area contributed by atoms with Gasteiger partial charge in [-0.1, -0.05) is 19.3 Å². The van der Waals surface area contributed by atoms with Crippen molar-refractivity contribution < 1.29 is 0 Å². The van der Waals surface area contributed by atoms with Crippen LogP contribution >= 0.6 is 0 Å². The van der Waals surface area contributed by atoms with E-state index in [0.29, 0.717) is 0 Å². The van der Waals surface area contributed by atoms with Gasteiger partial charge in [0.15, 0.2) is 0 Å². The van der Waals surface area contributed by atoms with Crippen LogP contribution in [0.3, 0.4) is 0 Å². The molecule has 1 heteroatoms. The van der Waals surface area contributed by atoms with Gasteiger partial charge in [-0.25, -0.2) is 0 Å². The average molecular weight is 165 g/mol. The van der Waals surface area contributed by atoms with Gasteiger partial charge in [0.05, 0.1) is 6.54 Å². The number of likely N-dealkylation sites (tertiary alicyclic amines) is 1. The molecule has 0 saturated carbocycles. The van der Waals surface area contributed by atoms with Crippen LogP contribution in [-0.4, -0.2) is 24.5 Å². The van der Waals surface area contributed by atoms with Gasteiger partial charge < -0.3 is 0 Å². The predicted octanol–water partition coefficient (Wildman–Crippen LogP) is 2.28. The van der Waals surface area contributed by atoms with Gasteiger partial charge in [-0.3, -0.25) is 4.90 Å². The molecule has 0 aromatic carbocycles. The lowest BCUT2D eigenvalue weighted by atomic mass is 10.2. The van der Waals surface area contributed by atoms with E-state index in [1.165, 1.54) is 38.8 Å². The minimum Gasteiger partial charge on any atom is -0.292 e. The second kappa shape index (κ2) is 6.08. The molecule has 1 aliphatic rings. The summed E-state index contributed by atoms with van der Waals surface area (Å²) in [4.78, 5) is 2.44. The first-order valence-electron chi connectivity index (χ1n) is 5.11. The largest absolute Gasteiger partial charge is 0.292 e. The molecule has 68 valence electrons. The Morgan fingerprint density at radius 1 is 1.17 bits per heavy atom. The van der Waals surface area contributed by atoms with E-state index in [0.717, 1.165) is 13.0 Å². The quantitative estimate of drug-likeness (QED) is 0.458. The highest BCUT2D eigenvalue weighted by molar-refractivity contribution is 5.01. The third-order valence-electron chi connectivity index (χ3n) is 2.28. The third kappa shape index (κ3) is 3.78. The van der Waals surface area contributed by atoms with Gasteiger partial charge in [-0.2, -0.15) is 0 Å². The lowest BCUT2D eigenvalue weighted by molar-refractivity contribution is 0.383. The van der Waals surface area contributed by atoms with Crippen molar-refractivity contribution >= 4 is 0 Å². The molecule has 0 N–H and O–H groups in total. The standard InChI is InChI=1S/C11H19N/c1-2-3-4-5-6-9-12-10-7-8-11-12/h2-4,7-11H2,1H3. The Morgan fingerprint density at radius 3 is 2.58 bits per heavy atom. The SMILES string of the molecule is CCCCC#CCN1CCCC1. The Morgan fingerprint density at radius 2 is 1.92 bits per heavy atom. The molecule has 0 aromatic heterocycles. The maximum Gasteiger partial charge on any atom is 0.0601 e. The van der Waals surface area contributed by atoms with Gasteiger partial charge in [0.1, 0.15) is 0 Å². The number of unbranched alkanes of at least 4 members (excludes halogenated alkanes) is 2. The van der Waals surface area contributed by atoms with Gasteiger partial charge in [-0.05, 0) is 32.4 Å². The van der Waals surface area contributed by atoms with Crippen LogP contribution in [0.2, 0.25) is 0 Å². The molecule has 0 unspecified atom stereocenters. The highest BCUT2D eigenvalue weighted by atomic mass is 15.1. The average Bonchev–Trinajstić information content (AvgIpc) is 2.57. The Labute approximate surface area is 76.1 Å². The summed E-state index contributed by atoms with van der Waals surface area (Å²) in [6.45, 7) is 5.75. The second-order valence-electron chi connectivity index (χ2n) is 3.44. The van der Waals surface area contributed by atoms with E-state index in [1.54, 1.807) is 0 Å². The van der Waals surface area contributed by atoms with E-state index >= 15 is 0 Å². The van der Waals surface area contributed by atoms with Gasteiger partial charge in [0.2, 0.25) is 0 Å². The van der Waals surface area contributed by atoms with Crippen LogP contribution in [0.25, 0.3) is 0 Å². The van der Waals surface area contributed by atoms with Crippen molar-refractivity contribution in [3.05, 3.63) is 0 Å². The number of rotatable bonds is 3. The molecule has 1 fully saturated rings. The second-order valence-corrected chi connectivity index (χ2v) is 3.44. The summed E-state index contributed by atoms with van der Waals surface area (Å²) < 4.78 is 0. The van der Waals surface area contributed by atoms with Gasteiger partial charge in [0, 0.05) is 6.42 Å². The van der Waals surface area contributed by atoms with Crippen LogP contribution in [0.1, 0.15) is 39.0 Å². The fourth-order valence-electron chi connectivity index (χ4n) is 1.46. The number of hydrogen-bond acceptors (Lipinski definition) is 1. The first kappa shape index (κ1) is 9.61. The smallest absolute Gasteiger partial charge is 0.0601 e. The number of hydrogen-bond donors (Lipinski definition) is 0. The van der Waals surface area contributed by atoms with Crippen molar-refractivity contribution in [1.82, 2.24) is 4.90 Å². The lowest BCUT2D eigenvalue weighted by Crippen LogP contribution is -2.18. The molecule has 0 atom stereocenters. The van der Waals surface area contributed by atoms with Crippen molar-refractivity contribution in [3.8, 4) is 11.8 Å². The van der Waals surface area contributed by atoms with E-state index in [9.17, 15) is 0 Å². The van der Waals surface area contributed by atoms with E-state index in [-0.39, 0.29) is 0 Å². The Hall–Kier alpha value is -0.480. The fourth-order valence-corrected chi connectivity index (χ4v) is 1.46. The van der Waals surface area contributed by atoms with E-state index in [1.807, 2.05) is 0 Å². The summed E-state index contributed by atoms with van der Waals surface area (Å²) in [6, 6.07) is 0. The summed E-state index contributed by atoms with van der Waals surface area (Å²) in [6.07, 6.45) is 6.35. The van der Waals surface area contributed by atoms with Crippen LogP contribution in [0.15, 0.2) is 0 Å². The molecular weight excluding hydrogens is 146 g/mol. The molecule has 1 aliphatic heterocycles. The Bertz CT molecular complexity index is 158. The van der Waals surface area contributed by atoms with Crippen LogP contribution in [0, 0.1) is 11.8 Å². The summed E-state index contributed by atoms with van der Waals surface area (Å²) in [5.41, 5.74) is 0. The molecule has 0 aromatic rings. The minimum atomic E-state index is 1.00. The Kier molecular flexibility index (Phi) is 4.87. The first-order valence-corrected chi connectivity index (χ1v) is 5.11. The van der Waals surface area contributed by atoms with Gasteiger partial charge >= 0.3 is 0 Å². The maximum atomic E-state index is 3.24. The van der Waals surface area contributed by atoms with Crippen molar-refractivity contribution in [3.63, 3.8) is 0 Å². The van der Waals surface area contributed by atoms with Crippen LogP contribution < -0.4 is 0 Å². The fraction of sp³-hybridized carbons (Fsp3) is 0.818. The van der Waals surface area contributed by atoms with Gasteiger partial charge in [0.25, 0.3) is 0 Å². The first-order chi connectivity index (χ1) is 5.93. The Balaban J connectivity index is 2.01. The molecule has 1 rings (SSSR count). The molecule has 0 aliphatic carbocycles. The van der Waals surface area contributed by atoms with E-state index < -0.39 is 0 Å². The predicted molar refractivity (Wildman–Crippen MR) is 53.0 cm³/mol. The highest BCUT2D eigenvalue weighted by Gasteiger charge is 2.08. The summed E-state index contributed by atoms with van der Waals surface area (Å²) in [5.74, 6) is 6.46. The summed E-state index contributed by atoms with van der Waals surface area (Å²) in [7, 11) is 0. The molecule has 0 bridgehead atoms. The number of nitrogens with zero attached hydrogens (tertiary/aromatic N) is 1. The topological polar surface area (TPSA) is 3.24 Å². The zero-order valence-corrected chi connectivity index (χ0v) is 8.10. The highest BCUT2D eigenvalue weighted by Crippen LogP contribution is 2.05. The molecule has 1 nitrogen and oxygen atoms in total. The monoisotopic (exact) mass is 165 g/mol. The van der Waals surface area contributed by atoms with Crippen molar-refractivity contribution in [2.45, 2.75) is 39.0 Å². The lowest BCUT2D eigenvalue weighted by Gasteiger charge is -2.08. The van der Waals surface area contributed by atoms with E-state index in [4.69, 9.17) is 0 Å². The maximum absolute atomic E-state index is 3.24. The summed E-state index contributed by atoms with van der Waals surface area (Å²) >= 11 is 0. The van der Waals surface area contributed by atoms with Crippen LogP contribution in [-0.2, 0) is 0 Å². The van der Waals surface area contributed by atoms with Crippen molar-refractivity contribution in [2.75, 3.05) is 19.6 Å². The van der Waals surface area contributed by atoms with Crippen LogP contribution in [0.5, 0.6) is 0 Å². The molecule has 0 amide bonds. The molecule has 0 spiro atoms. The van der Waals surface area contributed by atoms with E-state index in [2.05, 4.69) is 23.7 Å². The zero-order chi connectivity index (χ0) is 8.65. The van der Waals surface area contributed by atoms with Crippen molar-refractivity contribution in [1.29, 1.82) is 0 Å². The molecular formula is C11H19N. The molecule has 0 radical (unpaired) electrons. The minimum absolute atomic E-state index is 1.00. The molecule has 12 heavy (non-hydrogen) atoms. The third-order valence-corrected chi connectivity index (χ3v) is 2.28. The summed E-state index contributed by atoms with van der Waals surface area (Å²) in [5, 5.41) is 0. The van der Waals surface area contributed by atoms with Crippen LogP contribution in [0.4, 0.5) is 0 Å². The molecule has 1 saturated heterocycles. The normalized spacial score (nSPS) is 17.4.